The van der Waals surface area contributed by atoms with Crippen molar-refractivity contribution >= 4 is 34.7 Å². The van der Waals surface area contributed by atoms with E-state index in [0.717, 1.165) is 18.4 Å². The van der Waals surface area contributed by atoms with E-state index in [2.05, 4.69) is 10.2 Å². The maximum absolute atomic E-state index is 14.7. The van der Waals surface area contributed by atoms with Gasteiger partial charge in [0.15, 0.2) is 6.20 Å². The first-order valence-electron chi connectivity index (χ1n) is 8.79. The van der Waals surface area contributed by atoms with E-state index in [1.54, 1.807) is 25.3 Å². The average molecular weight is 388 g/mol. The standard InChI is InChI=1S/C19H21FN4O2S/c1-13(27)22-11-16-12-24(19(25)26-16)15-3-4-18(17(20)9-15)23-7-5-14(6-8-23)10-21-2/h3-4,9-10,16H,5-8,11-12H2,1H3,(H,22,27)/t16-/m0/s1. The van der Waals surface area contributed by atoms with E-state index in [1.807, 2.05) is 4.90 Å². The van der Waals surface area contributed by atoms with Crippen LogP contribution in [0.25, 0.3) is 4.85 Å². The molecule has 27 heavy (non-hydrogen) atoms. The summed E-state index contributed by atoms with van der Waals surface area (Å²) in [4.78, 5) is 19.4. The zero-order valence-electron chi connectivity index (χ0n) is 15.1. The predicted octanol–water partition coefficient (Wildman–Crippen LogP) is 3.49. The second-order valence-corrected chi connectivity index (χ2v) is 7.21. The van der Waals surface area contributed by atoms with Crippen molar-refractivity contribution in [2.45, 2.75) is 25.9 Å². The van der Waals surface area contributed by atoms with Crippen LogP contribution in [-0.2, 0) is 4.74 Å². The molecule has 0 spiro atoms. The van der Waals surface area contributed by atoms with E-state index in [0.29, 0.717) is 42.5 Å². The Morgan fingerprint density at radius 3 is 2.85 bits per heavy atom. The van der Waals surface area contributed by atoms with Crippen LogP contribution in [0.3, 0.4) is 0 Å². The van der Waals surface area contributed by atoms with E-state index in [9.17, 15) is 9.18 Å². The molecular formula is C19H21FN4O2S. The first kappa shape index (κ1) is 19.1. The van der Waals surface area contributed by atoms with E-state index < -0.39 is 6.09 Å². The van der Waals surface area contributed by atoms with Crippen molar-refractivity contribution in [1.82, 2.24) is 5.32 Å². The van der Waals surface area contributed by atoms with Crippen LogP contribution in [0.4, 0.5) is 20.6 Å². The van der Waals surface area contributed by atoms with Crippen LogP contribution >= 0.6 is 12.2 Å². The lowest BCUT2D eigenvalue weighted by molar-refractivity contribution is 0.143. The Kier molecular flexibility index (Phi) is 5.91. The monoisotopic (exact) mass is 388 g/mol. The Morgan fingerprint density at radius 2 is 2.22 bits per heavy atom. The van der Waals surface area contributed by atoms with Crippen LogP contribution in [0.2, 0.25) is 0 Å². The minimum absolute atomic E-state index is 0.326. The lowest BCUT2D eigenvalue weighted by Gasteiger charge is -2.31. The molecule has 0 saturated carbocycles. The van der Waals surface area contributed by atoms with E-state index in [4.69, 9.17) is 23.5 Å². The van der Waals surface area contributed by atoms with Crippen LogP contribution < -0.4 is 15.1 Å². The van der Waals surface area contributed by atoms with Crippen LogP contribution in [0.1, 0.15) is 19.8 Å². The molecule has 2 fully saturated rings. The summed E-state index contributed by atoms with van der Waals surface area (Å²) >= 11 is 4.96. The maximum atomic E-state index is 14.7. The van der Waals surface area contributed by atoms with Gasteiger partial charge in [-0.1, -0.05) is 17.8 Å². The predicted molar refractivity (Wildman–Crippen MR) is 106 cm³/mol. The smallest absolute Gasteiger partial charge is 0.414 e. The molecule has 6 nitrogen and oxygen atoms in total. The van der Waals surface area contributed by atoms with Crippen molar-refractivity contribution < 1.29 is 13.9 Å². The number of amides is 1. The summed E-state index contributed by atoms with van der Waals surface area (Å²) in [5.41, 5.74) is 2.10. The summed E-state index contributed by atoms with van der Waals surface area (Å²) in [7, 11) is 0. The van der Waals surface area contributed by atoms with Gasteiger partial charge in [-0.2, -0.15) is 0 Å². The van der Waals surface area contributed by atoms with Gasteiger partial charge in [0, 0.05) is 13.1 Å². The number of anilines is 2. The highest BCUT2D eigenvalue weighted by atomic mass is 32.1. The highest BCUT2D eigenvalue weighted by Gasteiger charge is 2.32. The summed E-state index contributed by atoms with van der Waals surface area (Å²) in [6.45, 7) is 10.8. The molecule has 2 heterocycles. The van der Waals surface area contributed by atoms with E-state index in [1.165, 1.54) is 11.0 Å². The minimum atomic E-state index is -0.483. The summed E-state index contributed by atoms with van der Waals surface area (Å²) in [6.07, 6.45) is 2.27. The Balaban J connectivity index is 1.67. The van der Waals surface area contributed by atoms with E-state index >= 15 is 0 Å². The van der Waals surface area contributed by atoms with Gasteiger partial charge >= 0.3 is 6.09 Å². The molecule has 8 heteroatoms. The molecule has 2 aliphatic rings. The van der Waals surface area contributed by atoms with Gasteiger partial charge in [-0.3, -0.25) is 4.90 Å². The SMILES string of the molecule is [C-]#[N+]C=C1CCN(c2ccc(N3C[C@H](CNC(C)=S)OC3=O)cc2F)CC1. The Bertz CT molecular complexity index is 810. The van der Waals surface area contributed by atoms with Crippen LogP contribution in [-0.4, -0.2) is 43.4 Å². The number of cyclic esters (lactones) is 1. The zero-order valence-corrected chi connectivity index (χ0v) is 15.9. The van der Waals surface area contributed by atoms with Crippen molar-refractivity contribution in [3.8, 4) is 0 Å². The van der Waals surface area contributed by atoms with Gasteiger partial charge in [0.1, 0.15) is 11.9 Å². The summed E-state index contributed by atoms with van der Waals surface area (Å²) in [5.74, 6) is -0.366. The van der Waals surface area contributed by atoms with E-state index in [-0.39, 0.29) is 11.9 Å². The number of benzene rings is 1. The molecule has 0 bridgehead atoms. The number of nitrogens with one attached hydrogen (secondary N) is 1. The molecule has 1 atom stereocenters. The number of hydrogen-bond donors (Lipinski definition) is 1. The molecular weight excluding hydrogens is 367 g/mol. The summed E-state index contributed by atoms with van der Waals surface area (Å²) < 4.78 is 20.0. The van der Waals surface area contributed by atoms with Crippen LogP contribution in [0.15, 0.2) is 30.0 Å². The van der Waals surface area contributed by atoms with Crippen molar-refractivity contribution in [3.05, 3.63) is 47.2 Å². The van der Waals surface area contributed by atoms with Gasteiger partial charge in [-0.15, -0.1) is 0 Å². The normalized spacial score (nSPS) is 19.5. The van der Waals surface area contributed by atoms with Gasteiger partial charge in [0.05, 0.1) is 36.0 Å². The number of nitrogens with zero attached hydrogens (tertiary/aromatic N) is 3. The molecule has 2 saturated heterocycles. The second-order valence-electron chi connectivity index (χ2n) is 6.59. The topological polar surface area (TPSA) is 49.2 Å². The molecule has 2 aliphatic heterocycles. The third kappa shape index (κ3) is 4.55. The fraction of sp³-hybridized carbons (Fsp3) is 0.421. The molecule has 142 valence electrons. The third-order valence-electron chi connectivity index (χ3n) is 4.69. The highest BCUT2D eigenvalue weighted by molar-refractivity contribution is 7.80. The minimum Gasteiger partial charge on any atom is -0.442 e. The molecule has 1 N–H and O–H groups in total. The number of piperidine rings is 1. The Labute approximate surface area is 163 Å². The fourth-order valence-electron chi connectivity index (χ4n) is 3.27. The molecule has 0 radical (unpaired) electrons. The van der Waals surface area contributed by atoms with Crippen molar-refractivity contribution in [2.24, 2.45) is 0 Å². The van der Waals surface area contributed by atoms with Gasteiger partial charge in [-0.25, -0.2) is 14.0 Å². The highest BCUT2D eigenvalue weighted by Crippen LogP contribution is 2.30. The van der Waals surface area contributed by atoms with Gasteiger partial charge in [-0.05, 0) is 38.0 Å². The number of carbonyl (C=O) groups is 1. The van der Waals surface area contributed by atoms with Crippen LogP contribution in [0.5, 0.6) is 0 Å². The van der Waals surface area contributed by atoms with Crippen LogP contribution in [0, 0.1) is 12.4 Å². The Hall–Kier alpha value is -2.66. The zero-order chi connectivity index (χ0) is 19.4. The van der Waals surface area contributed by atoms with Crippen molar-refractivity contribution in [1.29, 1.82) is 0 Å². The quantitative estimate of drug-likeness (QED) is 0.632. The van der Waals surface area contributed by atoms with Gasteiger partial charge in [0.25, 0.3) is 0 Å². The first-order valence-corrected chi connectivity index (χ1v) is 9.20. The average Bonchev–Trinajstić information content (AvgIpc) is 3.02. The molecule has 0 aliphatic carbocycles. The number of halogens is 1. The van der Waals surface area contributed by atoms with Gasteiger partial charge < -0.3 is 15.0 Å². The number of rotatable bonds is 4. The fourth-order valence-corrected chi connectivity index (χ4v) is 3.35. The van der Waals surface area contributed by atoms with Gasteiger partial charge in [0.2, 0.25) is 0 Å². The summed E-state index contributed by atoms with van der Waals surface area (Å²) in [6, 6.07) is 4.82. The maximum Gasteiger partial charge on any atom is 0.414 e. The van der Waals surface area contributed by atoms with Crippen molar-refractivity contribution in [3.63, 3.8) is 0 Å². The molecule has 0 unspecified atom stereocenters. The lowest BCUT2D eigenvalue weighted by Crippen LogP contribution is -2.33. The number of ether oxygens (including phenoxy) is 1. The lowest BCUT2D eigenvalue weighted by atomic mass is 10.0. The number of hydrogen-bond acceptors (Lipinski definition) is 4. The Morgan fingerprint density at radius 1 is 1.48 bits per heavy atom. The summed E-state index contributed by atoms with van der Waals surface area (Å²) in [5, 5.41) is 2.98. The third-order valence-corrected chi connectivity index (χ3v) is 4.83. The largest absolute Gasteiger partial charge is 0.442 e. The number of thiocarbonyl (C=S) groups is 1. The van der Waals surface area contributed by atoms with Crippen molar-refractivity contribution in [2.75, 3.05) is 36.0 Å². The molecule has 0 aromatic heterocycles. The second kappa shape index (κ2) is 8.35. The molecule has 1 aromatic rings. The molecule has 3 rings (SSSR count). The first-order chi connectivity index (χ1) is 13.0. The molecule has 1 amide bonds. The number of carbonyl (C=O) groups excluding carboxylic acids is 1. The molecule has 1 aromatic carbocycles.